The van der Waals surface area contributed by atoms with Gasteiger partial charge in [-0.2, -0.15) is 0 Å². The second kappa shape index (κ2) is 4.28. The summed E-state index contributed by atoms with van der Waals surface area (Å²) < 4.78 is 0. The number of nitrogens with one attached hydrogen (secondary N) is 1. The van der Waals surface area contributed by atoms with Gasteiger partial charge in [0.2, 0.25) is 5.91 Å². The lowest BCUT2D eigenvalue weighted by Gasteiger charge is -2.39. The number of hydrogen-bond donors (Lipinski definition) is 1. The lowest BCUT2D eigenvalue weighted by atomic mass is 9.78. The Morgan fingerprint density at radius 1 is 1.17 bits per heavy atom. The maximum atomic E-state index is 12.2. The van der Waals surface area contributed by atoms with E-state index in [4.69, 9.17) is 0 Å². The molecule has 2 aliphatic rings. The smallest absolute Gasteiger partial charge is 0.246 e. The summed E-state index contributed by atoms with van der Waals surface area (Å²) in [5, 5.41) is 1.97. The van der Waals surface area contributed by atoms with Gasteiger partial charge in [0.1, 0.15) is 0 Å². The number of rotatable bonds is 1. The van der Waals surface area contributed by atoms with Crippen molar-refractivity contribution in [3.63, 3.8) is 0 Å². The standard InChI is InChI=1S/C14H18N3O/c1-16-9-7-14(8-10-16)11-17(15-13(14)18)12-5-3-2-4-6-12/h2-6H,1,7-11H2,(H,15,18)/q-1. The number of hydrazine groups is 1. The molecule has 0 radical (unpaired) electrons. The average Bonchev–Trinajstić information content (AvgIpc) is 2.72. The van der Waals surface area contributed by atoms with Crippen LogP contribution in [-0.4, -0.2) is 30.4 Å². The van der Waals surface area contributed by atoms with Crippen molar-refractivity contribution >= 4 is 11.6 Å². The first kappa shape index (κ1) is 11.5. The number of nitrogens with zero attached hydrogens (tertiary/aromatic N) is 2. The topological polar surface area (TPSA) is 35.6 Å². The Bertz CT molecular complexity index is 438. The third kappa shape index (κ3) is 1.86. The number of hydrogen-bond acceptors (Lipinski definition) is 3. The Balaban J connectivity index is 1.78. The minimum atomic E-state index is -0.218. The van der Waals surface area contributed by atoms with Crippen molar-refractivity contribution in [1.82, 2.24) is 10.3 Å². The van der Waals surface area contributed by atoms with E-state index >= 15 is 0 Å². The summed E-state index contributed by atoms with van der Waals surface area (Å²) in [7, 11) is 3.94. The maximum absolute atomic E-state index is 12.2. The molecule has 2 aliphatic heterocycles. The number of anilines is 1. The second-order valence-corrected chi connectivity index (χ2v) is 5.26. The van der Waals surface area contributed by atoms with Gasteiger partial charge in [-0.1, -0.05) is 18.2 Å². The van der Waals surface area contributed by atoms with Crippen molar-refractivity contribution < 1.29 is 4.79 Å². The van der Waals surface area contributed by atoms with Gasteiger partial charge in [-0.05, 0) is 38.1 Å². The fourth-order valence-corrected chi connectivity index (χ4v) is 2.79. The molecular weight excluding hydrogens is 226 g/mol. The molecule has 4 nitrogen and oxygen atoms in total. The van der Waals surface area contributed by atoms with Gasteiger partial charge >= 0.3 is 0 Å². The Morgan fingerprint density at radius 3 is 2.50 bits per heavy atom. The first-order valence-electron chi connectivity index (χ1n) is 6.39. The molecule has 0 saturated carbocycles. The highest BCUT2D eigenvalue weighted by Gasteiger charge is 2.46. The molecule has 4 heteroatoms. The Labute approximate surface area is 108 Å². The number of likely N-dealkylation sites (tertiary alicyclic amines) is 1. The highest BCUT2D eigenvalue weighted by molar-refractivity contribution is 5.88. The van der Waals surface area contributed by atoms with Gasteiger partial charge in [0.15, 0.2) is 0 Å². The lowest BCUT2D eigenvalue weighted by molar-refractivity contribution is -0.129. The van der Waals surface area contributed by atoms with Crippen LogP contribution in [0.25, 0.3) is 0 Å². The molecule has 0 unspecified atom stereocenters. The summed E-state index contributed by atoms with van der Waals surface area (Å²) in [5.41, 5.74) is 3.84. The third-order valence-electron chi connectivity index (χ3n) is 4.06. The number of piperidine rings is 1. The highest BCUT2D eigenvalue weighted by Crippen LogP contribution is 2.37. The molecular formula is C14H18N3O-. The molecule has 1 spiro atoms. The molecule has 2 heterocycles. The number of para-hydroxylation sites is 1. The van der Waals surface area contributed by atoms with E-state index in [2.05, 4.69) is 12.5 Å². The van der Waals surface area contributed by atoms with Crippen molar-refractivity contribution in [3.8, 4) is 0 Å². The van der Waals surface area contributed by atoms with Gasteiger partial charge in [0.25, 0.3) is 0 Å². The molecule has 1 aromatic rings. The SMILES string of the molecule is [CH2-]N1CCC2(CC1)CN(c1ccccc1)NC2=O. The van der Waals surface area contributed by atoms with Crippen molar-refractivity contribution in [1.29, 1.82) is 0 Å². The van der Waals surface area contributed by atoms with E-state index in [0.717, 1.165) is 38.2 Å². The second-order valence-electron chi connectivity index (χ2n) is 5.26. The van der Waals surface area contributed by atoms with Gasteiger partial charge in [0.05, 0.1) is 17.6 Å². The van der Waals surface area contributed by atoms with Gasteiger partial charge in [-0.15, -0.1) is 0 Å². The summed E-state index contributed by atoms with van der Waals surface area (Å²) >= 11 is 0. The molecule has 0 bridgehead atoms. The van der Waals surface area contributed by atoms with Crippen molar-refractivity contribution in [2.75, 3.05) is 24.6 Å². The van der Waals surface area contributed by atoms with Crippen molar-refractivity contribution in [2.24, 2.45) is 5.41 Å². The maximum Gasteiger partial charge on any atom is 0.246 e. The fraction of sp³-hybridized carbons (Fsp3) is 0.429. The van der Waals surface area contributed by atoms with Crippen LogP contribution in [0.2, 0.25) is 0 Å². The van der Waals surface area contributed by atoms with Crippen LogP contribution in [0.15, 0.2) is 30.3 Å². The highest BCUT2D eigenvalue weighted by atomic mass is 16.2. The van der Waals surface area contributed by atoms with Crippen LogP contribution in [-0.2, 0) is 4.79 Å². The number of carbonyl (C=O) groups is 1. The molecule has 0 aromatic heterocycles. The molecule has 2 fully saturated rings. The van der Waals surface area contributed by atoms with E-state index in [-0.39, 0.29) is 11.3 Å². The largest absolute Gasteiger partial charge is 0.459 e. The summed E-state index contributed by atoms with van der Waals surface area (Å²) in [6, 6.07) is 10.0. The molecule has 1 amide bonds. The van der Waals surface area contributed by atoms with Crippen LogP contribution in [0.5, 0.6) is 0 Å². The summed E-state index contributed by atoms with van der Waals surface area (Å²) in [6.45, 7) is 2.57. The van der Waals surface area contributed by atoms with Gasteiger partial charge < -0.3 is 4.90 Å². The first-order valence-corrected chi connectivity index (χ1v) is 6.39. The lowest BCUT2D eigenvalue weighted by Crippen LogP contribution is -2.43. The molecule has 1 N–H and O–H groups in total. The molecule has 96 valence electrons. The monoisotopic (exact) mass is 244 g/mol. The predicted octanol–water partition coefficient (Wildman–Crippen LogP) is 1.41. The first-order chi connectivity index (χ1) is 8.70. The number of carbonyl (C=O) groups excluding carboxylic acids is 1. The van der Waals surface area contributed by atoms with E-state index in [1.54, 1.807) is 0 Å². The molecule has 0 aliphatic carbocycles. The predicted molar refractivity (Wildman–Crippen MR) is 70.5 cm³/mol. The molecule has 0 atom stereocenters. The normalized spacial score (nSPS) is 23.4. The van der Waals surface area contributed by atoms with E-state index in [1.165, 1.54) is 0 Å². The molecule has 2 saturated heterocycles. The minimum absolute atomic E-state index is 0.166. The van der Waals surface area contributed by atoms with E-state index in [9.17, 15) is 4.79 Å². The summed E-state index contributed by atoms with van der Waals surface area (Å²) in [6.07, 6.45) is 1.79. The van der Waals surface area contributed by atoms with E-state index in [0.29, 0.717) is 0 Å². The van der Waals surface area contributed by atoms with E-state index in [1.807, 2.05) is 40.2 Å². The summed E-state index contributed by atoms with van der Waals surface area (Å²) in [5.74, 6) is 0.166. The average molecular weight is 244 g/mol. The Hall–Kier alpha value is -1.55. The third-order valence-corrected chi connectivity index (χ3v) is 4.06. The van der Waals surface area contributed by atoms with Crippen molar-refractivity contribution in [2.45, 2.75) is 12.8 Å². The van der Waals surface area contributed by atoms with Gasteiger partial charge in [-0.25, -0.2) is 0 Å². The Kier molecular flexibility index (Phi) is 2.74. The van der Waals surface area contributed by atoms with Crippen LogP contribution in [0.1, 0.15) is 12.8 Å². The van der Waals surface area contributed by atoms with E-state index < -0.39 is 0 Å². The van der Waals surface area contributed by atoms with Crippen LogP contribution < -0.4 is 10.4 Å². The van der Waals surface area contributed by atoms with Crippen LogP contribution in [0.4, 0.5) is 5.69 Å². The zero-order chi connectivity index (χ0) is 12.6. The summed E-state index contributed by atoms with van der Waals surface area (Å²) in [4.78, 5) is 14.3. The molecule has 1 aromatic carbocycles. The Morgan fingerprint density at radius 2 is 1.83 bits per heavy atom. The van der Waals surface area contributed by atoms with Gasteiger partial charge in [-0.3, -0.25) is 22.3 Å². The zero-order valence-electron chi connectivity index (χ0n) is 10.4. The fourth-order valence-electron chi connectivity index (χ4n) is 2.79. The van der Waals surface area contributed by atoms with Gasteiger partial charge in [0, 0.05) is 0 Å². The van der Waals surface area contributed by atoms with Crippen LogP contribution in [0, 0.1) is 12.5 Å². The van der Waals surface area contributed by atoms with Crippen molar-refractivity contribution in [3.05, 3.63) is 37.4 Å². The zero-order valence-corrected chi connectivity index (χ0v) is 10.4. The minimum Gasteiger partial charge on any atom is -0.459 e. The van der Waals surface area contributed by atoms with Crippen LogP contribution >= 0.6 is 0 Å². The molecule has 3 rings (SSSR count). The number of benzene rings is 1. The number of amides is 1. The van der Waals surface area contributed by atoms with Crippen LogP contribution in [0.3, 0.4) is 0 Å². The molecule has 18 heavy (non-hydrogen) atoms. The quantitative estimate of drug-likeness (QED) is 0.759.